The van der Waals surface area contributed by atoms with E-state index in [9.17, 15) is 5.11 Å². The zero-order chi connectivity index (χ0) is 14.5. The van der Waals surface area contributed by atoms with Crippen LogP contribution in [0.1, 0.15) is 32.1 Å². The van der Waals surface area contributed by atoms with Gasteiger partial charge < -0.3 is 15.3 Å². The second kappa shape index (κ2) is 6.99. The number of nitrogens with one attached hydrogen (secondary N) is 1. The van der Waals surface area contributed by atoms with Gasteiger partial charge in [-0.2, -0.15) is 0 Å². The number of hydrogen-bond acceptors (Lipinski definition) is 3. The number of nitrogens with zero attached hydrogens (tertiary/aromatic N) is 1. The minimum Gasteiger partial charge on any atom is -0.393 e. The van der Waals surface area contributed by atoms with Gasteiger partial charge in [0.05, 0.1) is 17.5 Å². The van der Waals surface area contributed by atoms with Gasteiger partial charge in [-0.25, -0.2) is 0 Å². The Labute approximate surface area is 127 Å². The predicted molar refractivity (Wildman–Crippen MR) is 88.9 cm³/mol. The normalized spacial score (nSPS) is 23.3. The van der Waals surface area contributed by atoms with Gasteiger partial charge >= 0.3 is 0 Å². The lowest BCUT2D eigenvalue weighted by molar-refractivity contribution is 0.145. The van der Waals surface area contributed by atoms with Crippen LogP contribution in [0, 0.1) is 5.92 Å². The number of piperidine rings is 1. The van der Waals surface area contributed by atoms with Crippen LogP contribution in [0.15, 0.2) is 36.4 Å². The van der Waals surface area contributed by atoms with Crippen LogP contribution in [0.25, 0.3) is 0 Å². The number of rotatable bonds is 4. The molecule has 1 fully saturated rings. The quantitative estimate of drug-likeness (QED) is 0.833. The van der Waals surface area contributed by atoms with Gasteiger partial charge in [-0.15, -0.1) is 0 Å². The van der Waals surface area contributed by atoms with Crippen LogP contribution in [0.5, 0.6) is 0 Å². The molecule has 21 heavy (non-hydrogen) atoms. The van der Waals surface area contributed by atoms with Crippen molar-refractivity contribution in [2.45, 2.75) is 38.2 Å². The predicted octanol–water partition coefficient (Wildman–Crippen LogP) is 3.42. The molecule has 0 bridgehead atoms. The fourth-order valence-corrected chi connectivity index (χ4v) is 3.30. The largest absolute Gasteiger partial charge is 0.393 e. The maximum atomic E-state index is 9.67. The molecular formula is C18H26N2O. The molecule has 0 unspecified atom stereocenters. The van der Waals surface area contributed by atoms with Crippen LogP contribution in [0.2, 0.25) is 0 Å². The van der Waals surface area contributed by atoms with E-state index in [1.54, 1.807) is 0 Å². The first-order chi connectivity index (χ1) is 10.3. The smallest absolute Gasteiger partial charge is 0.0602 e. The van der Waals surface area contributed by atoms with E-state index in [1.165, 1.54) is 30.6 Å². The van der Waals surface area contributed by atoms with E-state index in [0.29, 0.717) is 0 Å². The Morgan fingerprint density at radius 1 is 1.10 bits per heavy atom. The molecule has 2 N–H and O–H groups in total. The monoisotopic (exact) mass is 286 g/mol. The van der Waals surface area contributed by atoms with Gasteiger partial charge in [0.2, 0.25) is 0 Å². The maximum Gasteiger partial charge on any atom is 0.0602 e. The van der Waals surface area contributed by atoms with E-state index in [-0.39, 0.29) is 6.10 Å². The van der Waals surface area contributed by atoms with E-state index >= 15 is 0 Å². The number of aliphatic hydroxyl groups is 1. The van der Waals surface area contributed by atoms with Crippen molar-refractivity contribution < 1.29 is 5.11 Å². The number of aliphatic hydroxyl groups excluding tert-OH is 1. The first-order valence-corrected chi connectivity index (χ1v) is 8.24. The molecule has 1 aliphatic carbocycles. The zero-order valence-electron chi connectivity index (χ0n) is 12.7. The summed E-state index contributed by atoms with van der Waals surface area (Å²) >= 11 is 0. The van der Waals surface area contributed by atoms with Gasteiger partial charge in [-0.05, 0) is 50.2 Å². The standard InChI is InChI=1S/C18H26N2O/c21-16-10-12-20(13-11-16)18-9-5-4-8-17(18)19-14-15-6-2-1-3-7-15/h1-2,4-5,8-9,15-16,19,21H,3,6-7,10-14H2/t15-/m0/s1. The Morgan fingerprint density at radius 2 is 1.90 bits per heavy atom. The highest BCUT2D eigenvalue weighted by atomic mass is 16.3. The zero-order valence-corrected chi connectivity index (χ0v) is 12.7. The summed E-state index contributed by atoms with van der Waals surface area (Å²) in [5.41, 5.74) is 2.53. The summed E-state index contributed by atoms with van der Waals surface area (Å²) in [6.07, 6.45) is 9.96. The van der Waals surface area contributed by atoms with Crippen molar-refractivity contribution in [3.63, 3.8) is 0 Å². The third-order valence-electron chi connectivity index (χ3n) is 4.67. The lowest BCUT2D eigenvalue weighted by atomic mass is 9.94. The molecule has 0 spiro atoms. The summed E-state index contributed by atoms with van der Waals surface area (Å²) in [5, 5.41) is 13.3. The Morgan fingerprint density at radius 3 is 2.67 bits per heavy atom. The first-order valence-electron chi connectivity index (χ1n) is 8.24. The highest BCUT2D eigenvalue weighted by Gasteiger charge is 2.19. The van der Waals surface area contributed by atoms with Crippen LogP contribution in [-0.4, -0.2) is 30.8 Å². The van der Waals surface area contributed by atoms with Gasteiger partial charge in [0.1, 0.15) is 0 Å². The Kier molecular flexibility index (Phi) is 4.81. The van der Waals surface area contributed by atoms with Gasteiger partial charge in [-0.3, -0.25) is 0 Å². The summed E-state index contributed by atoms with van der Waals surface area (Å²) in [5.74, 6) is 0.756. The van der Waals surface area contributed by atoms with E-state index in [1.807, 2.05) is 0 Å². The molecule has 0 amide bonds. The second-order valence-corrected chi connectivity index (χ2v) is 6.27. The maximum absolute atomic E-state index is 9.67. The third-order valence-corrected chi connectivity index (χ3v) is 4.67. The average Bonchev–Trinajstić information content (AvgIpc) is 2.55. The van der Waals surface area contributed by atoms with Crippen molar-refractivity contribution in [2.75, 3.05) is 29.9 Å². The number of benzene rings is 1. The topological polar surface area (TPSA) is 35.5 Å². The van der Waals surface area contributed by atoms with Gasteiger partial charge in [-0.1, -0.05) is 24.3 Å². The van der Waals surface area contributed by atoms with Gasteiger partial charge in [0, 0.05) is 19.6 Å². The molecule has 1 atom stereocenters. The molecule has 2 aliphatic rings. The summed E-state index contributed by atoms with van der Waals surface area (Å²) in [4.78, 5) is 2.40. The van der Waals surface area contributed by atoms with Crippen LogP contribution in [0.3, 0.4) is 0 Å². The Hall–Kier alpha value is -1.48. The van der Waals surface area contributed by atoms with Crippen molar-refractivity contribution in [3.05, 3.63) is 36.4 Å². The number of anilines is 2. The molecule has 1 aromatic carbocycles. The highest BCUT2D eigenvalue weighted by molar-refractivity contribution is 5.70. The Balaban J connectivity index is 1.63. The molecule has 114 valence electrons. The van der Waals surface area contributed by atoms with E-state index in [0.717, 1.165) is 38.4 Å². The molecular weight excluding hydrogens is 260 g/mol. The summed E-state index contributed by atoms with van der Waals surface area (Å²) in [6, 6.07) is 8.58. The molecule has 0 saturated carbocycles. The molecule has 1 aliphatic heterocycles. The molecule has 3 heteroatoms. The van der Waals surface area contributed by atoms with E-state index < -0.39 is 0 Å². The third kappa shape index (κ3) is 3.79. The minimum atomic E-state index is -0.115. The van der Waals surface area contributed by atoms with Crippen molar-refractivity contribution in [1.29, 1.82) is 0 Å². The average molecular weight is 286 g/mol. The fraction of sp³-hybridized carbons (Fsp3) is 0.556. The van der Waals surface area contributed by atoms with Gasteiger partial charge in [0.15, 0.2) is 0 Å². The number of hydrogen-bond donors (Lipinski definition) is 2. The van der Waals surface area contributed by atoms with Crippen LogP contribution < -0.4 is 10.2 Å². The summed E-state index contributed by atoms with van der Waals surface area (Å²) in [6.45, 7) is 2.95. The van der Waals surface area contributed by atoms with Crippen molar-refractivity contribution in [3.8, 4) is 0 Å². The van der Waals surface area contributed by atoms with Crippen LogP contribution in [0.4, 0.5) is 11.4 Å². The lowest BCUT2D eigenvalue weighted by Crippen LogP contribution is -2.36. The molecule has 1 saturated heterocycles. The molecule has 0 radical (unpaired) electrons. The minimum absolute atomic E-state index is 0.115. The second-order valence-electron chi connectivity index (χ2n) is 6.27. The molecule has 3 nitrogen and oxygen atoms in total. The van der Waals surface area contributed by atoms with E-state index in [2.05, 4.69) is 46.6 Å². The highest BCUT2D eigenvalue weighted by Crippen LogP contribution is 2.29. The van der Waals surface area contributed by atoms with E-state index in [4.69, 9.17) is 0 Å². The lowest BCUT2D eigenvalue weighted by Gasteiger charge is -2.33. The molecule has 1 aromatic rings. The molecule has 0 aromatic heterocycles. The SMILES string of the molecule is OC1CCN(c2ccccc2NC[C@H]2CC=CCC2)CC1. The van der Waals surface area contributed by atoms with Crippen molar-refractivity contribution >= 4 is 11.4 Å². The first kappa shape index (κ1) is 14.5. The molecule has 1 heterocycles. The summed E-state index contributed by atoms with van der Waals surface area (Å²) in [7, 11) is 0. The fourth-order valence-electron chi connectivity index (χ4n) is 3.30. The van der Waals surface area contributed by atoms with Crippen LogP contribution >= 0.6 is 0 Å². The molecule has 3 rings (SSSR count). The van der Waals surface area contributed by atoms with Crippen molar-refractivity contribution in [1.82, 2.24) is 0 Å². The van der Waals surface area contributed by atoms with Gasteiger partial charge in [0.25, 0.3) is 0 Å². The Bertz CT molecular complexity index is 478. The number of para-hydroxylation sites is 2. The van der Waals surface area contributed by atoms with Crippen LogP contribution in [-0.2, 0) is 0 Å². The summed E-state index contributed by atoms with van der Waals surface area (Å²) < 4.78 is 0. The van der Waals surface area contributed by atoms with Crippen molar-refractivity contribution in [2.24, 2.45) is 5.92 Å². The number of allylic oxidation sites excluding steroid dienone is 2.